The van der Waals surface area contributed by atoms with Gasteiger partial charge < -0.3 is 15.0 Å². The summed E-state index contributed by atoms with van der Waals surface area (Å²) in [5.41, 5.74) is 0.546. The van der Waals surface area contributed by atoms with Gasteiger partial charge in [-0.05, 0) is 6.92 Å². The molecule has 0 bridgehead atoms. The number of carbonyl (C=O) groups excluding carboxylic acids is 1. The maximum absolute atomic E-state index is 11.3. The van der Waals surface area contributed by atoms with E-state index in [4.69, 9.17) is 4.74 Å². The normalized spacial score (nSPS) is 16.8. The first-order valence-electron chi connectivity index (χ1n) is 4.55. The van der Waals surface area contributed by atoms with Crippen LogP contribution in [0.25, 0.3) is 0 Å². The maximum atomic E-state index is 11.3. The molecule has 1 amide bonds. The summed E-state index contributed by atoms with van der Waals surface area (Å²) >= 11 is 0. The average Bonchev–Trinajstić information content (AvgIpc) is 2.18. The van der Waals surface area contributed by atoms with Crippen LogP contribution in [0.5, 0.6) is 0 Å². The van der Waals surface area contributed by atoms with E-state index in [0.29, 0.717) is 25.5 Å². The number of hydrogen-bond donors (Lipinski definition) is 1. The number of amides is 1. The Morgan fingerprint density at radius 1 is 1.54 bits per heavy atom. The monoisotopic (exact) mass is 184 g/mol. The van der Waals surface area contributed by atoms with Crippen LogP contribution in [-0.2, 0) is 9.53 Å². The van der Waals surface area contributed by atoms with Crippen molar-refractivity contribution in [1.82, 2.24) is 10.2 Å². The van der Waals surface area contributed by atoms with Crippen LogP contribution in [0, 0.1) is 0 Å². The van der Waals surface area contributed by atoms with E-state index in [1.165, 1.54) is 0 Å². The molecule has 0 spiro atoms. The fourth-order valence-electron chi connectivity index (χ4n) is 1.24. The van der Waals surface area contributed by atoms with Crippen molar-refractivity contribution in [3.8, 4) is 0 Å². The summed E-state index contributed by atoms with van der Waals surface area (Å²) in [6.07, 6.45) is 0. The minimum Gasteiger partial charge on any atom is -0.378 e. The highest BCUT2D eigenvalue weighted by molar-refractivity contribution is 5.92. The lowest BCUT2D eigenvalue weighted by molar-refractivity contribution is -0.119. The van der Waals surface area contributed by atoms with E-state index < -0.39 is 0 Å². The Morgan fingerprint density at radius 2 is 2.15 bits per heavy atom. The summed E-state index contributed by atoms with van der Waals surface area (Å²) in [7, 11) is 0. The van der Waals surface area contributed by atoms with Gasteiger partial charge in [0.05, 0.1) is 18.9 Å². The Hall–Kier alpha value is -1.03. The molecule has 1 aliphatic heterocycles. The molecule has 0 atom stereocenters. The molecule has 0 aliphatic carbocycles. The summed E-state index contributed by atoms with van der Waals surface area (Å²) in [6.45, 7) is 9.17. The van der Waals surface area contributed by atoms with Crippen LogP contribution in [-0.4, -0.2) is 43.7 Å². The van der Waals surface area contributed by atoms with Crippen LogP contribution in [0.2, 0.25) is 0 Å². The van der Waals surface area contributed by atoms with Gasteiger partial charge in [0, 0.05) is 19.6 Å². The maximum Gasteiger partial charge on any atom is 0.266 e. The number of ether oxygens (including phenoxy) is 1. The topological polar surface area (TPSA) is 41.6 Å². The van der Waals surface area contributed by atoms with Gasteiger partial charge in [-0.15, -0.1) is 0 Å². The molecule has 1 saturated heterocycles. The molecule has 4 nitrogen and oxygen atoms in total. The third kappa shape index (κ3) is 2.73. The SMILES string of the molecule is C=C(C(=O)NCC)N1CCOCC1. The highest BCUT2D eigenvalue weighted by Crippen LogP contribution is 2.05. The zero-order valence-electron chi connectivity index (χ0n) is 8.01. The molecule has 0 aromatic carbocycles. The molecular weight excluding hydrogens is 168 g/mol. The van der Waals surface area contributed by atoms with Crippen molar-refractivity contribution in [3.63, 3.8) is 0 Å². The molecule has 1 fully saturated rings. The first kappa shape index (κ1) is 10.1. The molecule has 0 aromatic heterocycles. The molecule has 0 unspecified atom stereocenters. The zero-order chi connectivity index (χ0) is 9.68. The molecule has 1 heterocycles. The Balaban J connectivity index is 2.40. The summed E-state index contributed by atoms with van der Waals surface area (Å²) in [6, 6.07) is 0. The van der Waals surface area contributed by atoms with Gasteiger partial charge in [0.15, 0.2) is 0 Å². The molecule has 4 heteroatoms. The second-order valence-corrected chi connectivity index (χ2v) is 2.91. The van der Waals surface area contributed by atoms with Gasteiger partial charge in [-0.2, -0.15) is 0 Å². The predicted molar refractivity (Wildman–Crippen MR) is 50.2 cm³/mol. The minimum absolute atomic E-state index is 0.0793. The van der Waals surface area contributed by atoms with E-state index in [0.717, 1.165) is 13.1 Å². The Morgan fingerprint density at radius 3 is 2.69 bits per heavy atom. The van der Waals surface area contributed by atoms with Crippen LogP contribution in [0.3, 0.4) is 0 Å². The van der Waals surface area contributed by atoms with Crippen molar-refractivity contribution >= 4 is 5.91 Å². The zero-order valence-corrected chi connectivity index (χ0v) is 8.01. The van der Waals surface area contributed by atoms with Gasteiger partial charge in [-0.3, -0.25) is 4.79 Å². The van der Waals surface area contributed by atoms with Crippen molar-refractivity contribution in [1.29, 1.82) is 0 Å². The van der Waals surface area contributed by atoms with Crippen LogP contribution < -0.4 is 5.32 Å². The van der Waals surface area contributed by atoms with Gasteiger partial charge in [-0.25, -0.2) is 0 Å². The number of hydrogen-bond acceptors (Lipinski definition) is 3. The fraction of sp³-hybridized carbons (Fsp3) is 0.667. The van der Waals surface area contributed by atoms with E-state index >= 15 is 0 Å². The molecule has 1 N–H and O–H groups in total. The Bertz CT molecular complexity index is 198. The first-order chi connectivity index (χ1) is 6.25. The summed E-state index contributed by atoms with van der Waals surface area (Å²) < 4.78 is 5.18. The quantitative estimate of drug-likeness (QED) is 0.626. The lowest BCUT2D eigenvalue weighted by Crippen LogP contribution is -2.40. The number of nitrogens with one attached hydrogen (secondary N) is 1. The minimum atomic E-state index is -0.0793. The average molecular weight is 184 g/mol. The van der Waals surface area contributed by atoms with Crippen LogP contribution in [0.1, 0.15) is 6.92 Å². The van der Waals surface area contributed by atoms with Crippen molar-refractivity contribution in [3.05, 3.63) is 12.3 Å². The second kappa shape index (κ2) is 4.87. The lowest BCUT2D eigenvalue weighted by Gasteiger charge is -2.29. The van der Waals surface area contributed by atoms with Crippen molar-refractivity contribution in [2.24, 2.45) is 0 Å². The van der Waals surface area contributed by atoms with E-state index in [-0.39, 0.29) is 5.91 Å². The number of nitrogens with zero attached hydrogens (tertiary/aromatic N) is 1. The molecule has 0 saturated carbocycles. The van der Waals surface area contributed by atoms with Crippen LogP contribution >= 0.6 is 0 Å². The van der Waals surface area contributed by atoms with Gasteiger partial charge in [-0.1, -0.05) is 6.58 Å². The van der Waals surface area contributed by atoms with Crippen molar-refractivity contribution < 1.29 is 9.53 Å². The summed E-state index contributed by atoms with van der Waals surface area (Å²) in [5.74, 6) is -0.0793. The summed E-state index contributed by atoms with van der Waals surface area (Å²) in [5, 5.41) is 2.72. The molecule has 0 aromatic rings. The molecular formula is C9H16N2O2. The second-order valence-electron chi connectivity index (χ2n) is 2.91. The number of likely N-dealkylation sites (N-methyl/N-ethyl adjacent to an activating group) is 1. The molecule has 74 valence electrons. The van der Waals surface area contributed by atoms with Gasteiger partial charge >= 0.3 is 0 Å². The Kier molecular flexibility index (Phi) is 3.76. The number of morpholine rings is 1. The first-order valence-corrected chi connectivity index (χ1v) is 4.55. The van der Waals surface area contributed by atoms with Crippen LogP contribution in [0.4, 0.5) is 0 Å². The highest BCUT2D eigenvalue weighted by Gasteiger charge is 2.16. The van der Waals surface area contributed by atoms with E-state index in [1.54, 1.807) is 0 Å². The largest absolute Gasteiger partial charge is 0.378 e. The van der Waals surface area contributed by atoms with Crippen molar-refractivity contribution in [2.75, 3.05) is 32.8 Å². The summed E-state index contributed by atoms with van der Waals surface area (Å²) in [4.78, 5) is 13.3. The van der Waals surface area contributed by atoms with Gasteiger partial charge in [0.2, 0.25) is 0 Å². The predicted octanol–water partition coefficient (Wildman–Crippen LogP) is -0.0316. The third-order valence-corrected chi connectivity index (χ3v) is 1.99. The highest BCUT2D eigenvalue weighted by atomic mass is 16.5. The molecule has 0 radical (unpaired) electrons. The number of rotatable bonds is 3. The van der Waals surface area contributed by atoms with E-state index in [1.807, 2.05) is 11.8 Å². The van der Waals surface area contributed by atoms with E-state index in [2.05, 4.69) is 11.9 Å². The van der Waals surface area contributed by atoms with E-state index in [9.17, 15) is 4.79 Å². The molecule has 1 rings (SSSR count). The van der Waals surface area contributed by atoms with Crippen molar-refractivity contribution in [2.45, 2.75) is 6.92 Å². The fourth-order valence-corrected chi connectivity index (χ4v) is 1.24. The standard InChI is InChI=1S/C9H16N2O2/c1-3-10-9(12)8(2)11-4-6-13-7-5-11/h2-7H2,1H3,(H,10,12). The molecule has 1 aliphatic rings. The Labute approximate surface area is 78.5 Å². The molecule has 13 heavy (non-hydrogen) atoms. The third-order valence-electron chi connectivity index (χ3n) is 1.99. The van der Waals surface area contributed by atoms with Crippen LogP contribution in [0.15, 0.2) is 12.3 Å². The lowest BCUT2D eigenvalue weighted by atomic mass is 10.3. The van der Waals surface area contributed by atoms with Gasteiger partial charge in [0.25, 0.3) is 5.91 Å². The van der Waals surface area contributed by atoms with Gasteiger partial charge in [0.1, 0.15) is 0 Å². The number of carbonyl (C=O) groups is 1. The smallest absolute Gasteiger partial charge is 0.266 e.